The zero-order valence-corrected chi connectivity index (χ0v) is 12.9. The summed E-state index contributed by atoms with van der Waals surface area (Å²) in [6.07, 6.45) is 5.41. The molecule has 114 valence electrons. The molecule has 3 nitrogen and oxygen atoms in total. The highest BCUT2D eigenvalue weighted by atomic mass is 15.2. The number of anilines is 1. The molecule has 21 heavy (non-hydrogen) atoms. The highest BCUT2D eigenvalue weighted by Crippen LogP contribution is 2.29. The fourth-order valence-corrected chi connectivity index (χ4v) is 4.40. The van der Waals surface area contributed by atoms with Gasteiger partial charge < -0.3 is 15.1 Å². The number of hydrogen-bond acceptors (Lipinski definition) is 3. The molecule has 1 aromatic carbocycles. The third kappa shape index (κ3) is 2.95. The van der Waals surface area contributed by atoms with Crippen molar-refractivity contribution in [2.45, 2.75) is 37.8 Å². The maximum absolute atomic E-state index is 3.99. The molecule has 4 aliphatic rings. The van der Waals surface area contributed by atoms with Crippen LogP contribution >= 0.6 is 0 Å². The van der Waals surface area contributed by atoms with E-state index >= 15 is 0 Å². The maximum atomic E-state index is 3.99. The SMILES string of the molecule is c1ccc(N2CCC(NC3CN4CCC3CC4)CC2)cc1. The van der Waals surface area contributed by atoms with Crippen molar-refractivity contribution in [1.29, 1.82) is 0 Å². The number of nitrogens with zero attached hydrogens (tertiary/aromatic N) is 2. The van der Waals surface area contributed by atoms with Gasteiger partial charge >= 0.3 is 0 Å². The van der Waals surface area contributed by atoms with E-state index in [1.807, 2.05) is 0 Å². The minimum atomic E-state index is 0.732. The van der Waals surface area contributed by atoms with Gasteiger partial charge in [0.1, 0.15) is 0 Å². The Morgan fingerprint density at radius 1 is 0.857 bits per heavy atom. The molecule has 0 spiro atoms. The molecule has 3 heteroatoms. The van der Waals surface area contributed by atoms with E-state index in [0.717, 1.165) is 18.0 Å². The lowest BCUT2D eigenvalue weighted by molar-refractivity contribution is 0.0652. The Hall–Kier alpha value is -1.06. The third-order valence-corrected chi connectivity index (χ3v) is 5.72. The number of piperidine rings is 4. The van der Waals surface area contributed by atoms with E-state index in [-0.39, 0.29) is 0 Å². The Bertz CT molecular complexity index is 445. The number of benzene rings is 1. The van der Waals surface area contributed by atoms with Gasteiger partial charge in [0.2, 0.25) is 0 Å². The van der Waals surface area contributed by atoms with Crippen molar-refractivity contribution in [3.63, 3.8) is 0 Å². The van der Waals surface area contributed by atoms with Gasteiger partial charge in [-0.1, -0.05) is 18.2 Å². The smallest absolute Gasteiger partial charge is 0.0366 e. The van der Waals surface area contributed by atoms with Crippen molar-refractivity contribution in [2.75, 3.05) is 37.6 Å². The lowest BCUT2D eigenvalue weighted by Gasteiger charge is -2.47. The Morgan fingerprint density at radius 2 is 1.57 bits per heavy atom. The number of fused-ring (bicyclic) bond motifs is 3. The summed E-state index contributed by atoms with van der Waals surface area (Å²) < 4.78 is 0. The summed E-state index contributed by atoms with van der Waals surface area (Å²) in [5.41, 5.74) is 1.39. The molecular formula is C18H27N3. The van der Waals surface area contributed by atoms with Crippen LogP contribution in [0.5, 0.6) is 0 Å². The van der Waals surface area contributed by atoms with Crippen LogP contribution in [0, 0.1) is 5.92 Å². The van der Waals surface area contributed by atoms with Crippen LogP contribution in [0.25, 0.3) is 0 Å². The average molecular weight is 285 g/mol. The van der Waals surface area contributed by atoms with E-state index in [9.17, 15) is 0 Å². The summed E-state index contributed by atoms with van der Waals surface area (Å²) >= 11 is 0. The standard InChI is InChI=1S/C18H27N3/c1-2-4-17(5-3-1)21-12-8-16(9-13-21)19-18-14-20-10-6-15(18)7-11-20/h1-5,15-16,18-19H,6-14H2. The van der Waals surface area contributed by atoms with Crippen LogP contribution in [0.3, 0.4) is 0 Å². The predicted octanol–water partition coefficient (Wildman–Crippen LogP) is 2.34. The molecule has 4 aliphatic heterocycles. The number of para-hydroxylation sites is 1. The molecule has 0 saturated carbocycles. The molecule has 1 atom stereocenters. The summed E-state index contributed by atoms with van der Waals surface area (Å²) in [7, 11) is 0. The Labute approximate surface area is 128 Å². The zero-order valence-electron chi connectivity index (χ0n) is 12.9. The molecule has 0 radical (unpaired) electrons. The van der Waals surface area contributed by atoms with Crippen molar-refractivity contribution in [1.82, 2.24) is 10.2 Å². The highest BCUT2D eigenvalue weighted by Gasteiger charge is 2.35. The largest absolute Gasteiger partial charge is 0.371 e. The van der Waals surface area contributed by atoms with Crippen molar-refractivity contribution >= 4 is 5.69 Å². The summed E-state index contributed by atoms with van der Waals surface area (Å²) in [5, 5.41) is 3.99. The van der Waals surface area contributed by atoms with Crippen molar-refractivity contribution in [2.24, 2.45) is 5.92 Å². The molecule has 0 aliphatic carbocycles. The number of hydrogen-bond donors (Lipinski definition) is 1. The van der Waals surface area contributed by atoms with Gasteiger partial charge in [-0.05, 0) is 56.8 Å². The van der Waals surface area contributed by atoms with E-state index in [2.05, 4.69) is 45.4 Å². The minimum absolute atomic E-state index is 0.732. The second-order valence-corrected chi connectivity index (χ2v) is 7.01. The van der Waals surface area contributed by atoms with Gasteiger partial charge in [0.25, 0.3) is 0 Å². The molecule has 1 N–H and O–H groups in total. The van der Waals surface area contributed by atoms with Crippen LogP contribution in [0.1, 0.15) is 25.7 Å². The minimum Gasteiger partial charge on any atom is -0.371 e. The molecule has 0 aromatic heterocycles. The van der Waals surface area contributed by atoms with Gasteiger partial charge in [-0.3, -0.25) is 0 Å². The van der Waals surface area contributed by atoms with Gasteiger partial charge in [-0.15, -0.1) is 0 Å². The molecule has 5 rings (SSSR count). The normalized spacial score (nSPS) is 33.3. The van der Waals surface area contributed by atoms with Crippen molar-refractivity contribution in [3.05, 3.63) is 30.3 Å². The van der Waals surface area contributed by atoms with Crippen LogP contribution in [-0.4, -0.2) is 49.7 Å². The summed E-state index contributed by atoms with van der Waals surface area (Å²) in [6.45, 7) is 6.37. The molecule has 0 amide bonds. The van der Waals surface area contributed by atoms with E-state index in [0.29, 0.717) is 0 Å². The fourth-order valence-electron chi connectivity index (χ4n) is 4.40. The van der Waals surface area contributed by atoms with E-state index in [1.165, 1.54) is 64.1 Å². The fraction of sp³-hybridized carbons (Fsp3) is 0.667. The Morgan fingerprint density at radius 3 is 2.19 bits per heavy atom. The Balaban J connectivity index is 1.30. The van der Waals surface area contributed by atoms with Crippen molar-refractivity contribution < 1.29 is 0 Å². The van der Waals surface area contributed by atoms with E-state index in [4.69, 9.17) is 0 Å². The van der Waals surface area contributed by atoms with Crippen molar-refractivity contribution in [3.8, 4) is 0 Å². The molecule has 1 aromatic rings. The predicted molar refractivity (Wildman–Crippen MR) is 87.8 cm³/mol. The lowest BCUT2D eigenvalue weighted by atomic mass is 9.83. The maximum Gasteiger partial charge on any atom is 0.0366 e. The van der Waals surface area contributed by atoms with Gasteiger partial charge in [-0.25, -0.2) is 0 Å². The van der Waals surface area contributed by atoms with E-state index < -0.39 is 0 Å². The molecule has 2 bridgehead atoms. The number of rotatable bonds is 3. The second-order valence-electron chi connectivity index (χ2n) is 7.01. The summed E-state index contributed by atoms with van der Waals surface area (Å²) in [5.74, 6) is 0.946. The first kappa shape index (κ1) is 13.6. The monoisotopic (exact) mass is 285 g/mol. The van der Waals surface area contributed by atoms with E-state index in [1.54, 1.807) is 0 Å². The molecule has 4 fully saturated rings. The molecule has 1 unspecified atom stereocenters. The van der Waals surface area contributed by atoms with Gasteiger partial charge in [-0.2, -0.15) is 0 Å². The second kappa shape index (κ2) is 5.98. The van der Waals surface area contributed by atoms with Crippen LogP contribution in [-0.2, 0) is 0 Å². The highest BCUT2D eigenvalue weighted by molar-refractivity contribution is 5.46. The van der Waals surface area contributed by atoms with Crippen LogP contribution < -0.4 is 10.2 Å². The first-order chi connectivity index (χ1) is 10.4. The first-order valence-electron chi connectivity index (χ1n) is 8.67. The van der Waals surface area contributed by atoms with Gasteiger partial charge in [0.15, 0.2) is 0 Å². The van der Waals surface area contributed by atoms with Gasteiger partial charge in [0.05, 0.1) is 0 Å². The third-order valence-electron chi connectivity index (χ3n) is 5.72. The summed E-state index contributed by atoms with van der Waals surface area (Å²) in [4.78, 5) is 5.19. The quantitative estimate of drug-likeness (QED) is 0.919. The number of nitrogens with one attached hydrogen (secondary N) is 1. The topological polar surface area (TPSA) is 18.5 Å². The van der Waals surface area contributed by atoms with Crippen LogP contribution in [0.15, 0.2) is 30.3 Å². The lowest BCUT2D eigenvalue weighted by Crippen LogP contribution is -2.59. The van der Waals surface area contributed by atoms with Gasteiger partial charge in [0, 0.05) is 37.4 Å². The molecule has 4 heterocycles. The first-order valence-corrected chi connectivity index (χ1v) is 8.67. The van der Waals surface area contributed by atoms with Crippen LogP contribution in [0.4, 0.5) is 5.69 Å². The zero-order chi connectivity index (χ0) is 14.1. The molecule has 4 saturated heterocycles. The summed E-state index contributed by atoms with van der Waals surface area (Å²) in [6, 6.07) is 12.4. The Kier molecular flexibility index (Phi) is 3.87. The molecular weight excluding hydrogens is 258 g/mol. The average Bonchev–Trinajstić information content (AvgIpc) is 2.57. The van der Waals surface area contributed by atoms with Crippen LogP contribution in [0.2, 0.25) is 0 Å².